The Kier molecular flexibility index (Phi) is 5.24. The van der Waals surface area contributed by atoms with Crippen LogP contribution in [0.4, 0.5) is 5.69 Å². The number of nitrogens with zero attached hydrogens (tertiary/aromatic N) is 1. The number of rotatable bonds is 5. The average molecular weight is 340 g/mol. The number of nitrogens with one attached hydrogen (secondary N) is 1. The summed E-state index contributed by atoms with van der Waals surface area (Å²) in [5.41, 5.74) is 1.99. The predicted molar refractivity (Wildman–Crippen MR) is 98.3 cm³/mol. The molecule has 132 valence electrons. The molecule has 0 aliphatic carbocycles. The molecule has 1 aliphatic rings. The van der Waals surface area contributed by atoms with E-state index in [4.69, 9.17) is 9.47 Å². The maximum atomic E-state index is 12.0. The van der Waals surface area contributed by atoms with Crippen LogP contribution in [0.25, 0.3) is 0 Å². The van der Waals surface area contributed by atoms with Crippen LogP contribution in [0.3, 0.4) is 0 Å². The van der Waals surface area contributed by atoms with Crippen molar-refractivity contribution in [2.45, 2.75) is 26.0 Å². The number of fused-ring (bicyclic) bond motifs is 1. The van der Waals surface area contributed by atoms with Crippen LogP contribution in [0, 0.1) is 0 Å². The van der Waals surface area contributed by atoms with Crippen LogP contribution in [0.15, 0.2) is 48.5 Å². The van der Waals surface area contributed by atoms with Gasteiger partial charge in [0.05, 0.1) is 19.3 Å². The molecule has 1 heterocycles. The Balaban J connectivity index is 1.66. The first-order chi connectivity index (χ1) is 12.1. The Morgan fingerprint density at radius 2 is 2.12 bits per heavy atom. The molecule has 5 heteroatoms. The lowest BCUT2D eigenvalue weighted by molar-refractivity contribution is -0.117. The van der Waals surface area contributed by atoms with Crippen LogP contribution in [0.2, 0.25) is 0 Å². The van der Waals surface area contributed by atoms with E-state index in [0.29, 0.717) is 13.1 Å². The van der Waals surface area contributed by atoms with Crippen LogP contribution in [0.5, 0.6) is 11.5 Å². The van der Waals surface area contributed by atoms with Gasteiger partial charge in [-0.05, 0) is 36.8 Å². The molecule has 2 unspecified atom stereocenters. The lowest BCUT2D eigenvalue weighted by Crippen LogP contribution is -2.47. The first-order valence-corrected chi connectivity index (χ1v) is 8.49. The number of carbonyl (C=O) groups is 1. The van der Waals surface area contributed by atoms with Crippen LogP contribution in [-0.2, 0) is 4.79 Å². The molecular formula is C20H24N2O3. The van der Waals surface area contributed by atoms with Crippen molar-refractivity contribution in [3.05, 3.63) is 54.1 Å². The zero-order valence-electron chi connectivity index (χ0n) is 14.9. The molecule has 0 fully saturated rings. The summed E-state index contributed by atoms with van der Waals surface area (Å²) in [6.07, 6.45) is -0.0909. The minimum Gasteiger partial charge on any atom is -0.497 e. The standard InChI is InChI=1S/C20H24N2O3/c1-14(16-7-6-8-17(11-16)24-3)21-12-18-13-22(15(2)23)19-9-4-5-10-20(19)25-18/h4-11,14,18,21H,12-13H2,1-3H3. The molecule has 0 aromatic heterocycles. The Bertz CT molecular complexity index is 747. The maximum Gasteiger partial charge on any atom is 0.224 e. The summed E-state index contributed by atoms with van der Waals surface area (Å²) in [5, 5.41) is 3.49. The van der Waals surface area contributed by atoms with Gasteiger partial charge in [0.1, 0.15) is 17.6 Å². The summed E-state index contributed by atoms with van der Waals surface area (Å²) in [7, 11) is 1.67. The smallest absolute Gasteiger partial charge is 0.224 e. The van der Waals surface area contributed by atoms with Gasteiger partial charge in [0, 0.05) is 19.5 Å². The number of hydrogen-bond donors (Lipinski definition) is 1. The summed E-state index contributed by atoms with van der Waals surface area (Å²) >= 11 is 0. The molecule has 0 bridgehead atoms. The number of hydrogen-bond acceptors (Lipinski definition) is 4. The molecule has 0 saturated heterocycles. The lowest BCUT2D eigenvalue weighted by atomic mass is 10.1. The van der Waals surface area contributed by atoms with Crippen molar-refractivity contribution in [3.63, 3.8) is 0 Å². The van der Waals surface area contributed by atoms with Crippen LogP contribution in [0.1, 0.15) is 25.5 Å². The van der Waals surface area contributed by atoms with E-state index in [1.807, 2.05) is 42.5 Å². The highest BCUT2D eigenvalue weighted by Crippen LogP contribution is 2.33. The number of carbonyl (C=O) groups excluding carboxylic acids is 1. The van der Waals surface area contributed by atoms with Gasteiger partial charge in [0.25, 0.3) is 0 Å². The van der Waals surface area contributed by atoms with Crippen molar-refractivity contribution in [2.75, 3.05) is 25.1 Å². The zero-order chi connectivity index (χ0) is 17.8. The van der Waals surface area contributed by atoms with Gasteiger partial charge in [-0.1, -0.05) is 24.3 Å². The second-order valence-corrected chi connectivity index (χ2v) is 6.24. The van der Waals surface area contributed by atoms with Crippen molar-refractivity contribution in [1.29, 1.82) is 0 Å². The Morgan fingerprint density at radius 3 is 2.88 bits per heavy atom. The van der Waals surface area contributed by atoms with Gasteiger partial charge in [0.15, 0.2) is 0 Å². The van der Waals surface area contributed by atoms with Crippen LogP contribution < -0.4 is 19.7 Å². The van der Waals surface area contributed by atoms with Crippen molar-refractivity contribution in [2.24, 2.45) is 0 Å². The first kappa shape index (κ1) is 17.3. The molecule has 3 rings (SSSR count). The van der Waals surface area contributed by atoms with E-state index >= 15 is 0 Å². The minimum atomic E-state index is -0.0909. The molecule has 0 radical (unpaired) electrons. The van der Waals surface area contributed by atoms with E-state index in [1.165, 1.54) is 0 Å². The predicted octanol–water partition coefficient (Wildman–Crippen LogP) is 3.16. The normalized spacial score (nSPS) is 17.4. The number of methoxy groups -OCH3 is 1. The zero-order valence-corrected chi connectivity index (χ0v) is 14.9. The minimum absolute atomic E-state index is 0.0293. The SMILES string of the molecule is COc1cccc(C(C)NCC2CN(C(C)=O)c3ccccc3O2)c1. The number of ether oxygens (including phenoxy) is 2. The number of benzene rings is 2. The summed E-state index contributed by atoms with van der Waals surface area (Å²) in [5.74, 6) is 1.63. The van der Waals surface area contributed by atoms with Gasteiger partial charge >= 0.3 is 0 Å². The largest absolute Gasteiger partial charge is 0.497 e. The molecule has 2 atom stereocenters. The molecule has 1 aliphatic heterocycles. The van der Waals surface area contributed by atoms with Crippen molar-refractivity contribution >= 4 is 11.6 Å². The van der Waals surface area contributed by atoms with E-state index in [-0.39, 0.29) is 18.1 Å². The molecule has 0 spiro atoms. The topological polar surface area (TPSA) is 50.8 Å². The summed E-state index contributed by atoms with van der Waals surface area (Å²) in [6, 6.07) is 15.8. The molecule has 2 aromatic rings. The highest BCUT2D eigenvalue weighted by Gasteiger charge is 2.27. The summed E-state index contributed by atoms with van der Waals surface area (Å²) in [6.45, 7) is 4.89. The quantitative estimate of drug-likeness (QED) is 0.908. The fraction of sp³-hybridized carbons (Fsp3) is 0.350. The van der Waals surface area contributed by atoms with Gasteiger partial charge in [-0.25, -0.2) is 0 Å². The first-order valence-electron chi connectivity index (χ1n) is 8.49. The van der Waals surface area contributed by atoms with E-state index in [9.17, 15) is 4.79 Å². The third-order valence-electron chi connectivity index (χ3n) is 4.46. The third kappa shape index (κ3) is 3.94. The van der Waals surface area contributed by atoms with E-state index in [0.717, 1.165) is 22.7 Å². The third-order valence-corrected chi connectivity index (χ3v) is 4.46. The number of para-hydroxylation sites is 2. The molecule has 1 N–H and O–H groups in total. The van der Waals surface area contributed by atoms with Crippen molar-refractivity contribution < 1.29 is 14.3 Å². The van der Waals surface area contributed by atoms with Gasteiger partial charge in [-0.3, -0.25) is 4.79 Å². The summed E-state index contributed by atoms with van der Waals surface area (Å²) < 4.78 is 11.3. The van der Waals surface area contributed by atoms with Crippen LogP contribution >= 0.6 is 0 Å². The van der Waals surface area contributed by atoms with Crippen molar-refractivity contribution in [3.8, 4) is 11.5 Å². The van der Waals surface area contributed by atoms with E-state index in [1.54, 1.807) is 18.9 Å². The van der Waals surface area contributed by atoms with E-state index in [2.05, 4.69) is 18.3 Å². The van der Waals surface area contributed by atoms with Crippen LogP contribution in [-0.4, -0.2) is 32.2 Å². The van der Waals surface area contributed by atoms with Gasteiger partial charge in [-0.15, -0.1) is 0 Å². The van der Waals surface area contributed by atoms with E-state index < -0.39 is 0 Å². The van der Waals surface area contributed by atoms with Gasteiger partial charge in [-0.2, -0.15) is 0 Å². The molecule has 5 nitrogen and oxygen atoms in total. The molecule has 25 heavy (non-hydrogen) atoms. The highest BCUT2D eigenvalue weighted by atomic mass is 16.5. The number of amides is 1. The second-order valence-electron chi connectivity index (χ2n) is 6.24. The lowest BCUT2D eigenvalue weighted by Gasteiger charge is -2.35. The second kappa shape index (κ2) is 7.57. The maximum absolute atomic E-state index is 12.0. The Morgan fingerprint density at radius 1 is 1.32 bits per heavy atom. The molecule has 0 saturated carbocycles. The van der Waals surface area contributed by atoms with Gasteiger partial charge in [0.2, 0.25) is 5.91 Å². The average Bonchev–Trinajstić information content (AvgIpc) is 2.65. The number of anilines is 1. The highest BCUT2D eigenvalue weighted by molar-refractivity contribution is 5.93. The Labute approximate surface area is 148 Å². The van der Waals surface area contributed by atoms with Gasteiger partial charge < -0.3 is 19.7 Å². The molecular weight excluding hydrogens is 316 g/mol. The molecule has 1 amide bonds. The molecule has 2 aromatic carbocycles. The summed E-state index contributed by atoms with van der Waals surface area (Å²) in [4.78, 5) is 13.8. The van der Waals surface area contributed by atoms with Crippen molar-refractivity contribution in [1.82, 2.24) is 5.32 Å². The monoisotopic (exact) mass is 340 g/mol. The fourth-order valence-electron chi connectivity index (χ4n) is 3.04. The Hall–Kier alpha value is -2.53. The fourth-order valence-corrected chi connectivity index (χ4v) is 3.04.